The number of rotatable bonds is 6. The summed E-state index contributed by atoms with van der Waals surface area (Å²) in [4.78, 5) is 38.6. The molecule has 1 aliphatic heterocycles. The van der Waals surface area contributed by atoms with Gasteiger partial charge >= 0.3 is 6.03 Å². The van der Waals surface area contributed by atoms with Gasteiger partial charge in [0.25, 0.3) is 0 Å². The van der Waals surface area contributed by atoms with Crippen molar-refractivity contribution >= 4 is 23.5 Å². The average Bonchev–Trinajstić information content (AvgIpc) is 2.63. The van der Waals surface area contributed by atoms with E-state index in [9.17, 15) is 14.4 Å². The molecule has 0 saturated carbocycles. The van der Waals surface area contributed by atoms with Crippen LogP contribution in [0.4, 0.5) is 10.5 Å². The van der Waals surface area contributed by atoms with Crippen LogP contribution in [0.1, 0.15) is 52.0 Å². The molecule has 3 N–H and O–H groups in total. The summed E-state index contributed by atoms with van der Waals surface area (Å²) in [6.45, 7) is 8.34. The molecule has 1 aromatic rings. The molecule has 1 heterocycles. The van der Waals surface area contributed by atoms with E-state index in [1.807, 2.05) is 49.9 Å². The lowest BCUT2D eigenvalue weighted by atomic mass is 9.85. The van der Waals surface area contributed by atoms with E-state index in [4.69, 9.17) is 0 Å². The summed E-state index contributed by atoms with van der Waals surface area (Å²) < 4.78 is 0. The van der Waals surface area contributed by atoms with Gasteiger partial charge in [0.2, 0.25) is 11.8 Å². The number of urea groups is 1. The number of hydrogen-bond donors (Lipinski definition) is 3. The van der Waals surface area contributed by atoms with Gasteiger partial charge in [0.15, 0.2) is 0 Å². The average molecular weight is 374 g/mol. The maximum Gasteiger partial charge on any atom is 0.321 e. The lowest BCUT2D eigenvalue weighted by Gasteiger charge is -2.40. The van der Waals surface area contributed by atoms with Gasteiger partial charge in [0.05, 0.1) is 12.5 Å². The fourth-order valence-electron chi connectivity index (χ4n) is 3.34. The Balaban J connectivity index is 2.18. The number of hydrogen-bond acceptors (Lipinski definition) is 4. The summed E-state index contributed by atoms with van der Waals surface area (Å²) in [5, 5.41) is 7.95. The highest BCUT2D eigenvalue weighted by Gasteiger charge is 2.35. The van der Waals surface area contributed by atoms with E-state index in [2.05, 4.69) is 16.0 Å². The van der Waals surface area contributed by atoms with Gasteiger partial charge in [-0.15, -0.1) is 0 Å². The number of benzene rings is 1. The molecular formula is C20H30N4O3. The van der Waals surface area contributed by atoms with E-state index in [0.29, 0.717) is 13.0 Å². The first-order chi connectivity index (χ1) is 12.9. The Hall–Kier alpha value is -2.57. The van der Waals surface area contributed by atoms with Crippen LogP contribution in [0.25, 0.3) is 0 Å². The van der Waals surface area contributed by atoms with Crippen molar-refractivity contribution < 1.29 is 14.4 Å². The Morgan fingerprint density at radius 1 is 1.22 bits per heavy atom. The third-order valence-corrected chi connectivity index (χ3v) is 4.95. The normalized spacial score (nSPS) is 19.6. The van der Waals surface area contributed by atoms with Gasteiger partial charge in [-0.2, -0.15) is 0 Å². The lowest BCUT2D eigenvalue weighted by Crippen LogP contribution is -2.50. The minimum Gasteiger partial charge on any atom is -0.359 e. The first-order valence-electron chi connectivity index (χ1n) is 9.60. The van der Waals surface area contributed by atoms with Gasteiger partial charge in [0, 0.05) is 24.3 Å². The molecule has 4 amide bonds. The van der Waals surface area contributed by atoms with E-state index in [1.165, 1.54) is 0 Å². The number of amides is 4. The summed E-state index contributed by atoms with van der Waals surface area (Å²) in [5.74, 6) is -0.590. The monoisotopic (exact) mass is 374 g/mol. The molecule has 2 rings (SSSR count). The van der Waals surface area contributed by atoms with Crippen LogP contribution in [0.3, 0.4) is 0 Å². The SMILES string of the molecule is CCNC(=O)NC(=O)CN1c2ccccc2C(C(=O)NC(C)CC)CC1C. The van der Waals surface area contributed by atoms with Crippen LogP contribution < -0.4 is 20.9 Å². The summed E-state index contributed by atoms with van der Waals surface area (Å²) >= 11 is 0. The smallest absolute Gasteiger partial charge is 0.321 e. The Labute approximate surface area is 160 Å². The van der Waals surface area contributed by atoms with E-state index in [0.717, 1.165) is 17.7 Å². The zero-order valence-electron chi connectivity index (χ0n) is 16.5. The summed E-state index contributed by atoms with van der Waals surface area (Å²) in [6, 6.07) is 7.30. The molecule has 148 valence electrons. The predicted octanol–water partition coefficient (Wildman–Crippen LogP) is 2.13. The molecule has 3 unspecified atom stereocenters. The van der Waals surface area contributed by atoms with Crippen LogP contribution in [-0.2, 0) is 9.59 Å². The van der Waals surface area contributed by atoms with Gasteiger partial charge in [-0.1, -0.05) is 25.1 Å². The number of para-hydroxylation sites is 1. The Morgan fingerprint density at radius 3 is 2.59 bits per heavy atom. The molecule has 0 radical (unpaired) electrons. The van der Waals surface area contributed by atoms with Crippen molar-refractivity contribution in [3.05, 3.63) is 29.8 Å². The summed E-state index contributed by atoms with van der Waals surface area (Å²) in [7, 11) is 0. The first-order valence-corrected chi connectivity index (χ1v) is 9.60. The van der Waals surface area contributed by atoms with Gasteiger partial charge in [-0.05, 0) is 45.2 Å². The summed E-state index contributed by atoms with van der Waals surface area (Å²) in [5.41, 5.74) is 1.79. The zero-order chi connectivity index (χ0) is 20.0. The van der Waals surface area contributed by atoms with E-state index in [-0.39, 0.29) is 36.4 Å². The Morgan fingerprint density at radius 2 is 1.93 bits per heavy atom. The molecule has 0 aromatic heterocycles. The molecule has 0 saturated heterocycles. The second kappa shape index (κ2) is 9.39. The standard InChI is InChI=1S/C20H30N4O3/c1-5-13(3)22-19(26)16-11-14(4)24(17-10-8-7-9-15(16)17)12-18(25)23-20(27)21-6-2/h7-10,13-14,16H,5-6,11-12H2,1-4H3,(H,22,26)(H2,21,23,25,27). The number of fused-ring (bicyclic) bond motifs is 1. The van der Waals surface area contributed by atoms with E-state index < -0.39 is 6.03 Å². The second-order valence-electron chi connectivity index (χ2n) is 7.05. The van der Waals surface area contributed by atoms with Crippen molar-refractivity contribution in [1.29, 1.82) is 0 Å². The van der Waals surface area contributed by atoms with Crippen LogP contribution in [0.2, 0.25) is 0 Å². The number of imide groups is 1. The van der Waals surface area contributed by atoms with Crippen molar-refractivity contribution in [3.63, 3.8) is 0 Å². The maximum absolute atomic E-state index is 12.8. The van der Waals surface area contributed by atoms with Crippen molar-refractivity contribution in [3.8, 4) is 0 Å². The van der Waals surface area contributed by atoms with Crippen LogP contribution in [0.5, 0.6) is 0 Å². The number of nitrogens with one attached hydrogen (secondary N) is 3. The van der Waals surface area contributed by atoms with Crippen LogP contribution in [-0.4, -0.2) is 43.0 Å². The largest absolute Gasteiger partial charge is 0.359 e. The third kappa shape index (κ3) is 5.21. The van der Waals surface area contributed by atoms with Crippen molar-refractivity contribution in [2.24, 2.45) is 0 Å². The lowest BCUT2D eigenvalue weighted by molar-refractivity contribution is -0.123. The molecule has 7 heteroatoms. The maximum atomic E-state index is 12.8. The molecule has 0 aliphatic carbocycles. The highest BCUT2D eigenvalue weighted by molar-refractivity contribution is 5.97. The number of anilines is 1. The fraction of sp³-hybridized carbons (Fsp3) is 0.550. The molecule has 27 heavy (non-hydrogen) atoms. The number of nitrogens with zero attached hydrogens (tertiary/aromatic N) is 1. The third-order valence-electron chi connectivity index (χ3n) is 4.95. The van der Waals surface area contributed by atoms with Crippen molar-refractivity contribution in [1.82, 2.24) is 16.0 Å². The Kier molecular flexibility index (Phi) is 7.21. The molecule has 3 atom stereocenters. The van der Waals surface area contributed by atoms with E-state index >= 15 is 0 Å². The predicted molar refractivity (Wildman–Crippen MR) is 106 cm³/mol. The van der Waals surface area contributed by atoms with Crippen molar-refractivity contribution in [2.45, 2.75) is 58.5 Å². The van der Waals surface area contributed by atoms with Gasteiger partial charge in [-0.25, -0.2) is 4.79 Å². The van der Waals surface area contributed by atoms with Gasteiger partial charge in [0.1, 0.15) is 0 Å². The minimum atomic E-state index is -0.494. The molecule has 0 bridgehead atoms. The first kappa shape index (κ1) is 20.7. The molecular weight excluding hydrogens is 344 g/mol. The van der Waals surface area contributed by atoms with Gasteiger partial charge < -0.3 is 15.5 Å². The number of carbonyl (C=O) groups excluding carboxylic acids is 3. The quantitative estimate of drug-likeness (QED) is 0.711. The van der Waals surface area contributed by atoms with Gasteiger partial charge in [-0.3, -0.25) is 14.9 Å². The molecule has 0 fully saturated rings. The van der Waals surface area contributed by atoms with Crippen LogP contribution in [0, 0.1) is 0 Å². The van der Waals surface area contributed by atoms with Crippen molar-refractivity contribution in [2.75, 3.05) is 18.0 Å². The zero-order valence-corrected chi connectivity index (χ0v) is 16.5. The molecule has 1 aromatic carbocycles. The highest BCUT2D eigenvalue weighted by Crippen LogP contribution is 2.38. The highest BCUT2D eigenvalue weighted by atomic mass is 16.2. The molecule has 0 spiro atoms. The van der Waals surface area contributed by atoms with E-state index in [1.54, 1.807) is 6.92 Å². The molecule has 7 nitrogen and oxygen atoms in total. The fourth-order valence-corrected chi connectivity index (χ4v) is 3.34. The number of carbonyl (C=O) groups is 3. The molecule has 1 aliphatic rings. The van der Waals surface area contributed by atoms with Crippen LogP contribution >= 0.6 is 0 Å². The minimum absolute atomic E-state index is 0.00688. The topological polar surface area (TPSA) is 90.5 Å². The summed E-state index contributed by atoms with van der Waals surface area (Å²) in [6.07, 6.45) is 1.50. The Bertz CT molecular complexity index is 692. The second-order valence-corrected chi connectivity index (χ2v) is 7.05. The van der Waals surface area contributed by atoms with Crippen LogP contribution in [0.15, 0.2) is 24.3 Å².